The molecule has 5 aromatic rings. The summed E-state index contributed by atoms with van der Waals surface area (Å²) in [6, 6.07) is 17.8. The first-order chi connectivity index (χ1) is 21.7. The number of benzene rings is 3. The standard InChI is InChI=1S/C33H33N5O7/c34-25(16-31(41)42)33(44)38-28-10-9-19(14-29(28)45-12-11-20-17-35-26-7-3-1-5-23(20)26)32(43)37-22(15-30(39)40)13-21-18-36-27-8-4-2-6-24(21)27/h1-10,14,17-18,22,25,35-36H,11-13,15-16,34H2,(H,37,43)(H,38,44)(H,39,40)(H,41,42)/t22-,25-/m0/s1. The fourth-order valence-electron chi connectivity index (χ4n) is 5.22. The highest BCUT2D eigenvalue weighted by atomic mass is 16.5. The maximum absolute atomic E-state index is 13.4. The second kappa shape index (κ2) is 13.8. The largest absolute Gasteiger partial charge is 0.491 e. The van der Waals surface area contributed by atoms with E-state index in [0.717, 1.165) is 32.9 Å². The first kappa shape index (κ1) is 30.8. The van der Waals surface area contributed by atoms with Crippen LogP contribution in [0.3, 0.4) is 0 Å². The Balaban J connectivity index is 1.35. The molecule has 5 rings (SSSR count). The molecule has 0 saturated carbocycles. The zero-order valence-corrected chi connectivity index (χ0v) is 24.2. The van der Waals surface area contributed by atoms with Gasteiger partial charge in [-0.1, -0.05) is 36.4 Å². The van der Waals surface area contributed by atoms with Crippen molar-refractivity contribution in [2.24, 2.45) is 5.73 Å². The summed E-state index contributed by atoms with van der Waals surface area (Å²) in [6.07, 6.45) is 3.63. The monoisotopic (exact) mass is 611 g/mol. The minimum atomic E-state index is -1.30. The smallest absolute Gasteiger partial charge is 0.305 e. The van der Waals surface area contributed by atoms with Crippen molar-refractivity contribution >= 4 is 51.2 Å². The first-order valence-electron chi connectivity index (χ1n) is 14.4. The second-order valence-corrected chi connectivity index (χ2v) is 10.7. The van der Waals surface area contributed by atoms with Gasteiger partial charge in [0.1, 0.15) is 5.75 Å². The number of carbonyl (C=O) groups excluding carboxylic acids is 2. The van der Waals surface area contributed by atoms with Crippen molar-refractivity contribution in [3.05, 3.63) is 95.8 Å². The van der Waals surface area contributed by atoms with Gasteiger partial charge in [-0.15, -0.1) is 0 Å². The van der Waals surface area contributed by atoms with E-state index >= 15 is 0 Å². The molecule has 8 N–H and O–H groups in total. The van der Waals surface area contributed by atoms with Gasteiger partial charge in [0.15, 0.2) is 0 Å². The topological polar surface area (TPSA) is 200 Å². The summed E-state index contributed by atoms with van der Waals surface area (Å²) in [5.74, 6) is -3.36. The summed E-state index contributed by atoms with van der Waals surface area (Å²) in [5.41, 5.74) is 9.90. The molecule has 45 heavy (non-hydrogen) atoms. The Morgan fingerprint density at radius 3 is 2.11 bits per heavy atom. The third-order valence-electron chi connectivity index (χ3n) is 7.43. The third kappa shape index (κ3) is 7.67. The molecule has 3 aromatic carbocycles. The molecule has 12 heteroatoms. The molecular formula is C33H33N5O7. The maximum atomic E-state index is 13.4. The molecule has 2 heterocycles. The molecule has 0 radical (unpaired) electrons. The number of aromatic nitrogens is 2. The molecule has 0 fully saturated rings. The highest BCUT2D eigenvalue weighted by Crippen LogP contribution is 2.28. The molecule has 0 bridgehead atoms. The third-order valence-corrected chi connectivity index (χ3v) is 7.43. The van der Waals surface area contributed by atoms with Crippen LogP contribution in [0.5, 0.6) is 5.75 Å². The van der Waals surface area contributed by atoms with Crippen LogP contribution in [0.1, 0.15) is 34.3 Å². The van der Waals surface area contributed by atoms with Crippen LogP contribution >= 0.6 is 0 Å². The zero-order chi connectivity index (χ0) is 31.9. The lowest BCUT2D eigenvalue weighted by atomic mass is 10.0. The van der Waals surface area contributed by atoms with Crippen molar-refractivity contribution in [1.82, 2.24) is 15.3 Å². The summed E-state index contributed by atoms with van der Waals surface area (Å²) in [4.78, 5) is 55.1. The highest BCUT2D eigenvalue weighted by Gasteiger charge is 2.22. The van der Waals surface area contributed by atoms with Gasteiger partial charge < -0.3 is 41.3 Å². The molecule has 12 nitrogen and oxygen atoms in total. The van der Waals surface area contributed by atoms with Gasteiger partial charge in [-0.3, -0.25) is 19.2 Å². The van der Waals surface area contributed by atoms with Gasteiger partial charge in [0.25, 0.3) is 5.91 Å². The normalized spacial score (nSPS) is 12.5. The van der Waals surface area contributed by atoms with E-state index in [-0.39, 0.29) is 36.4 Å². The van der Waals surface area contributed by atoms with E-state index in [0.29, 0.717) is 6.42 Å². The van der Waals surface area contributed by atoms with Crippen molar-refractivity contribution < 1.29 is 34.1 Å². The summed E-state index contributed by atoms with van der Waals surface area (Å²) in [5, 5.41) is 26.0. The Bertz CT molecular complexity index is 1860. The molecule has 2 atom stereocenters. The molecule has 0 spiro atoms. The average molecular weight is 612 g/mol. The number of hydrogen-bond acceptors (Lipinski definition) is 6. The molecule has 2 aromatic heterocycles. The highest BCUT2D eigenvalue weighted by molar-refractivity contribution is 6.00. The summed E-state index contributed by atoms with van der Waals surface area (Å²) in [6.45, 7) is 0.194. The van der Waals surface area contributed by atoms with Crippen molar-refractivity contribution in [2.45, 2.75) is 37.8 Å². The van der Waals surface area contributed by atoms with Crippen molar-refractivity contribution in [3.63, 3.8) is 0 Å². The van der Waals surface area contributed by atoms with Gasteiger partial charge in [-0.25, -0.2) is 0 Å². The number of amides is 2. The quantitative estimate of drug-likeness (QED) is 0.0982. The number of nitrogens with one attached hydrogen (secondary N) is 4. The van der Waals surface area contributed by atoms with E-state index in [1.54, 1.807) is 6.20 Å². The van der Waals surface area contributed by atoms with Crippen molar-refractivity contribution in [3.8, 4) is 5.75 Å². The number of anilines is 1. The molecular weight excluding hydrogens is 578 g/mol. The van der Waals surface area contributed by atoms with Crippen LogP contribution < -0.4 is 21.1 Å². The number of fused-ring (bicyclic) bond motifs is 2. The number of aromatic amines is 2. The molecule has 0 aliphatic carbocycles. The summed E-state index contributed by atoms with van der Waals surface area (Å²) < 4.78 is 6.05. The second-order valence-electron chi connectivity index (χ2n) is 10.7. The number of carbonyl (C=O) groups is 4. The lowest BCUT2D eigenvalue weighted by Gasteiger charge is -2.19. The van der Waals surface area contributed by atoms with E-state index < -0.39 is 42.3 Å². The Morgan fingerprint density at radius 2 is 1.44 bits per heavy atom. The van der Waals surface area contributed by atoms with Crippen LogP contribution in [0.15, 0.2) is 79.1 Å². The molecule has 2 amide bonds. The number of hydrogen-bond donors (Lipinski definition) is 7. The van der Waals surface area contributed by atoms with Crippen LogP contribution in [0, 0.1) is 0 Å². The summed E-state index contributed by atoms with van der Waals surface area (Å²) >= 11 is 0. The number of rotatable bonds is 14. The van der Waals surface area contributed by atoms with E-state index in [1.165, 1.54) is 18.2 Å². The number of para-hydroxylation sites is 2. The molecule has 0 aliphatic heterocycles. The van der Waals surface area contributed by atoms with Crippen LogP contribution in [-0.2, 0) is 27.2 Å². The number of H-pyrrole nitrogens is 2. The van der Waals surface area contributed by atoms with E-state index in [4.69, 9.17) is 15.6 Å². The predicted octanol–water partition coefficient (Wildman–Crippen LogP) is 3.83. The lowest BCUT2D eigenvalue weighted by Crippen LogP contribution is -2.38. The minimum absolute atomic E-state index is 0.171. The molecule has 0 aliphatic rings. The van der Waals surface area contributed by atoms with Crippen LogP contribution in [0.2, 0.25) is 0 Å². The Morgan fingerprint density at radius 1 is 0.822 bits per heavy atom. The van der Waals surface area contributed by atoms with Gasteiger partial charge in [0, 0.05) is 52.2 Å². The molecule has 232 valence electrons. The fraction of sp³-hybridized carbons (Fsp3) is 0.212. The van der Waals surface area contributed by atoms with Crippen LogP contribution in [0.4, 0.5) is 5.69 Å². The number of ether oxygens (including phenoxy) is 1. The van der Waals surface area contributed by atoms with Gasteiger partial charge in [0.2, 0.25) is 5.91 Å². The minimum Gasteiger partial charge on any atom is -0.491 e. The number of carboxylic acids is 2. The molecule has 0 saturated heterocycles. The van der Waals surface area contributed by atoms with Crippen LogP contribution in [-0.4, -0.2) is 62.6 Å². The van der Waals surface area contributed by atoms with Crippen LogP contribution in [0.25, 0.3) is 21.8 Å². The van der Waals surface area contributed by atoms with E-state index in [1.807, 2.05) is 54.7 Å². The predicted molar refractivity (Wildman–Crippen MR) is 168 cm³/mol. The maximum Gasteiger partial charge on any atom is 0.305 e. The van der Waals surface area contributed by atoms with E-state index in [2.05, 4.69) is 20.6 Å². The zero-order valence-electron chi connectivity index (χ0n) is 24.2. The van der Waals surface area contributed by atoms with E-state index in [9.17, 15) is 24.3 Å². The number of nitrogens with two attached hydrogens (primary N) is 1. The van der Waals surface area contributed by atoms with Gasteiger partial charge in [-0.05, 0) is 47.9 Å². The number of aliphatic carboxylic acids is 2. The van der Waals surface area contributed by atoms with Crippen molar-refractivity contribution in [2.75, 3.05) is 11.9 Å². The average Bonchev–Trinajstić information content (AvgIpc) is 3.61. The molecule has 0 unspecified atom stereocenters. The Kier molecular flexibility index (Phi) is 9.44. The SMILES string of the molecule is N[C@@H](CC(=O)O)C(=O)Nc1ccc(C(=O)N[C@H](CC(=O)O)Cc2c[nH]c3ccccc23)cc1OCCc1c[nH]c2ccccc12. The van der Waals surface area contributed by atoms with Gasteiger partial charge >= 0.3 is 11.9 Å². The summed E-state index contributed by atoms with van der Waals surface area (Å²) in [7, 11) is 0. The lowest BCUT2D eigenvalue weighted by molar-refractivity contribution is -0.139. The Labute approximate surface area is 257 Å². The first-order valence-corrected chi connectivity index (χ1v) is 14.4. The fourth-order valence-corrected chi connectivity index (χ4v) is 5.22. The Hall–Kier alpha value is -5.62. The van der Waals surface area contributed by atoms with Crippen molar-refractivity contribution in [1.29, 1.82) is 0 Å². The number of carboxylic acid groups (broad SMARTS) is 2. The van der Waals surface area contributed by atoms with Gasteiger partial charge in [-0.2, -0.15) is 0 Å². The van der Waals surface area contributed by atoms with Gasteiger partial charge in [0.05, 0.1) is 31.2 Å².